The predicted molar refractivity (Wildman–Crippen MR) is 122 cm³/mol. The Bertz CT molecular complexity index is 1140. The van der Waals surface area contributed by atoms with E-state index in [4.69, 9.17) is 26.2 Å². The molecule has 3 N–H and O–H groups in total. The van der Waals surface area contributed by atoms with Gasteiger partial charge in [-0.05, 0) is 35.9 Å². The summed E-state index contributed by atoms with van der Waals surface area (Å²) in [6, 6.07) is 7.17. The number of aromatic nitrogens is 2. The third kappa shape index (κ3) is 5.54. The van der Waals surface area contributed by atoms with E-state index in [0.717, 1.165) is 24.0 Å². The largest absolute Gasteiger partial charge is 0.394 e. The lowest BCUT2D eigenvalue weighted by Gasteiger charge is -2.27. The molecule has 1 aromatic carbocycles. The first-order valence-corrected chi connectivity index (χ1v) is 11.6. The van der Waals surface area contributed by atoms with Gasteiger partial charge < -0.3 is 24.9 Å². The number of carbonyl (C=O) groups excluding carboxylic acids is 1. The Morgan fingerprint density at radius 2 is 2.28 bits per heavy atom. The quantitative estimate of drug-likeness (QED) is 0.459. The van der Waals surface area contributed by atoms with Crippen LogP contribution in [0.5, 0.6) is 0 Å². The van der Waals surface area contributed by atoms with E-state index in [0.29, 0.717) is 28.5 Å². The van der Waals surface area contributed by atoms with Crippen LogP contribution in [0.3, 0.4) is 0 Å². The van der Waals surface area contributed by atoms with Crippen LogP contribution in [0.25, 0.3) is 10.2 Å². The molecule has 2 aromatic heterocycles. The number of H-pyrrole nitrogens is 1. The van der Waals surface area contributed by atoms with Crippen LogP contribution in [0.15, 0.2) is 34.4 Å². The van der Waals surface area contributed by atoms with Gasteiger partial charge in [-0.25, -0.2) is 4.98 Å². The van der Waals surface area contributed by atoms with Gasteiger partial charge in [-0.15, -0.1) is 11.3 Å². The van der Waals surface area contributed by atoms with Crippen molar-refractivity contribution in [3.63, 3.8) is 0 Å². The topological polar surface area (TPSA) is 114 Å². The monoisotopic (exact) mass is 477 g/mol. The fourth-order valence-electron chi connectivity index (χ4n) is 3.61. The van der Waals surface area contributed by atoms with Crippen molar-refractivity contribution < 1.29 is 19.4 Å². The number of thiophene rings is 1. The Kier molecular flexibility index (Phi) is 7.54. The van der Waals surface area contributed by atoms with Crippen LogP contribution >= 0.6 is 22.9 Å². The van der Waals surface area contributed by atoms with Crippen LogP contribution in [-0.2, 0) is 22.6 Å². The number of fused-ring (bicyclic) bond motifs is 1. The molecule has 4 rings (SSSR count). The molecule has 32 heavy (non-hydrogen) atoms. The molecule has 2 unspecified atom stereocenters. The highest BCUT2D eigenvalue weighted by atomic mass is 35.5. The van der Waals surface area contributed by atoms with Gasteiger partial charge in [0.1, 0.15) is 4.83 Å². The smallest absolute Gasteiger partial charge is 0.287 e. The van der Waals surface area contributed by atoms with Gasteiger partial charge in [0.15, 0.2) is 0 Å². The first kappa shape index (κ1) is 22.9. The van der Waals surface area contributed by atoms with Crippen LogP contribution in [0, 0.1) is 5.92 Å². The number of ether oxygens (including phenoxy) is 2. The van der Waals surface area contributed by atoms with Crippen molar-refractivity contribution in [1.82, 2.24) is 15.3 Å². The lowest BCUT2D eigenvalue weighted by atomic mass is 9.99. The zero-order valence-corrected chi connectivity index (χ0v) is 18.9. The number of halogens is 1. The van der Waals surface area contributed by atoms with Crippen LogP contribution in [-0.4, -0.2) is 46.9 Å². The molecule has 3 heterocycles. The van der Waals surface area contributed by atoms with Crippen molar-refractivity contribution >= 4 is 39.1 Å². The number of benzene rings is 1. The number of aliphatic hydroxyl groups is 1. The zero-order valence-electron chi connectivity index (χ0n) is 17.3. The average molecular weight is 478 g/mol. The molecule has 0 aliphatic carbocycles. The molecular weight excluding hydrogens is 454 g/mol. The van der Waals surface area contributed by atoms with Crippen molar-refractivity contribution in [3.05, 3.63) is 62.0 Å². The highest BCUT2D eigenvalue weighted by molar-refractivity contribution is 7.16. The van der Waals surface area contributed by atoms with Crippen molar-refractivity contribution in [2.24, 2.45) is 5.92 Å². The summed E-state index contributed by atoms with van der Waals surface area (Å²) in [5.74, 6) is -0.223. The molecule has 170 valence electrons. The summed E-state index contributed by atoms with van der Waals surface area (Å²) in [5, 5.41) is 14.7. The third-order valence-corrected chi connectivity index (χ3v) is 6.51. The second kappa shape index (κ2) is 10.5. The van der Waals surface area contributed by atoms with Crippen LogP contribution < -0.4 is 10.9 Å². The fourth-order valence-corrected chi connectivity index (χ4v) is 4.74. The SMILES string of the molecule is O=C(NCc1cccc(Cl)c1)c1nc2scc(COCC3CCC(CO)OC3)c2c(=O)[nH]1. The molecular formula is C22H24ClN3O5S. The molecule has 2 atom stereocenters. The van der Waals surface area contributed by atoms with Gasteiger partial charge in [-0.1, -0.05) is 23.7 Å². The number of aromatic amines is 1. The zero-order chi connectivity index (χ0) is 22.5. The molecule has 1 amide bonds. The van der Waals surface area contributed by atoms with E-state index in [9.17, 15) is 9.59 Å². The third-order valence-electron chi connectivity index (χ3n) is 5.36. The first-order chi connectivity index (χ1) is 15.5. The molecule has 1 fully saturated rings. The lowest BCUT2D eigenvalue weighted by molar-refractivity contribution is -0.0632. The van der Waals surface area contributed by atoms with Gasteiger partial charge in [0.05, 0.1) is 37.9 Å². The van der Waals surface area contributed by atoms with Crippen LogP contribution in [0.2, 0.25) is 5.02 Å². The van der Waals surface area contributed by atoms with E-state index < -0.39 is 5.91 Å². The van der Waals surface area contributed by atoms with Gasteiger partial charge in [0, 0.05) is 23.0 Å². The molecule has 0 spiro atoms. The van der Waals surface area contributed by atoms with Crippen molar-refractivity contribution in [3.8, 4) is 0 Å². The van der Waals surface area contributed by atoms with E-state index in [1.54, 1.807) is 18.2 Å². The first-order valence-electron chi connectivity index (χ1n) is 10.4. The highest BCUT2D eigenvalue weighted by Gasteiger charge is 2.21. The minimum absolute atomic E-state index is 0.0309. The van der Waals surface area contributed by atoms with Crippen molar-refractivity contribution in [2.45, 2.75) is 32.1 Å². The maximum absolute atomic E-state index is 12.7. The summed E-state index contributed by atoms with van der Waals surface area (Å²) in [5.41, 5.74) is 1.23. The Morgan fingerprint density at radius 1 is 1.41 bits per heavy atom. The number of nitrogens with one attached hydrogen (secondary N) is 2. The number of rotatable bonds is 8. The highest BCUT2D eigenvalue weighted by Crippen LogP contribution is 2.23. The second-order valence-corrected chi connectivity index (χ2v) is 9.06. The molecule has 1 saturated heterocycles. The predicted octanol–water partition coefficient (Wildman–Crippen LogP) is 2.87. The maximum atomic E-state index is 12.7. The molecule has 8 nitrogen and oxygen atoms in total. The molecule has 10 heteroatoms. The lowest BCUT2D eigenvalue weighted by Crippen LogP contribution is -2.30. The van der Waals surface area contributed by atoms with Crippen LogP contribution in [0.1, 0.15) is 34.6 Å². The van der Waals surface area contributed by atoms with Crippen molar-refractivity contribution in [1.29, 1.82) is 0 Å². The van der Waals surface area contributed by atoms with Crippen LogP contribution in [0.4, 0.5) is 0 Å². The van der Waals surface area contributed by atoms with Gasteiger partial charge in [0.25, 0.3) is 11.5 Å². The van der Waals surface area contributed by atoms with E-state index in [1.165, 1.54) is 11.3 Å². The molecule has 0 saturated carbocycles. The Morgan fingerprint density at radius 3 is 3.03 bits per heavy atom. The second-order valence-electron chi connectivity index (χ2n) is 7.76. The number of hydrogen-bond donors (Lipinski definition) is 3. The van der Waals surface area contributed by atoms with Crippen molar-refractivity contribution in [2.75, 3.05) is 19.8 Å². The number of aliphatic hydroxyl groups excluding tert-OH is 1. The molecule has 0 radical (unpaired) electrons. The maximum Gasteiger partial charge on any atom is 0.287 e. The van der Waals surface area contributed by atoms with Gasteiger partial charge in [-0.3, -0.25) is 9.59 Å². The van der Waals surface area contributed by atoms with E-state index in [1.807, 2.05) is 11.4 Å². The number of amides is 1. The molecule has 3 aromatic rings. The average Bonchev–Trinajstić information content (AvgIpc) is 3.21. The standard InChI is InChI=1S/C22H24ClN3O5S/c23-16-3-1-2-13(6-16)7-24-21(29)19-25-20(28)18-15(12-32-22(18)26-19)11-30-9-14-4-5-17(8-27)31-10-14/h1-3,6,12,14,17,27H,4-5,7-11H2,(H,24,29)(H,25,26,28). The normalized spacial score (nSPS) is 18.7. The van der Waals surface area contributed by atoms with Gasteiger partial charge >= 0.3 is 0 Å². The van der Waals surface area contributed by atoms with Gasteiger partial charge in [-0.2, -0.15) is 0 Å². The molecule has 1 aliphatic rings. The summed E-state index contributed by atoms with van der Waals surface area (Å²) in [7, 11) is 0. The Labute approximate surface area is 193 Å². The Balaban J connectivity index is 1.36. The number of carbonyl (C=O) groups is 1. The number of hydrogen-bond acceptors (Lipinski definition) is 7. The fraction of sp³-hybridized carbons (Fsp3) is 0.409. The summed E-state index contributed by atoms with van der Waals surface area (Å²) in [4.78, 5) is 32.5. The summed E-state index contributed by atoms with van der Waals surface area (Å²) in [6.07, 6.45) is 1.68. The number of nitrogens with zero attached hydrogens (tertiary/aromatic N) is 1. The Hall–Kier alpha value is -2.30. The minimum Gasteiger partial charge on any atom is -0.394 e. The van der Waals surface area contributed by atoms with E-state index in [-0.39, 0.29) is 43.2 Å². The van der Waals surface area contributed by atoms with E-state index in [2.05, 4.69) is 15.3 Å². The summed E-state index contributed by atoms with van der Waals surface area (Å²) in [6.45, 7) is 1.68. The minimum atomic E-state index is -0.464. The summed E-state index contributed by atoms with van der Waals surface area (Å²) >= 11 is 7.27. The van der Waals surface area contributed by atoms with Gasteiger partial charge in [0.2, 0.25) is 5.82 Å². The molecule has 0 bridgehead atoms. The molecule has 1 aliphatic heterocycles. The summed E-state index contributed by atoms with van der Waals surface area (Å²) < 4.78 is 11.4. The van der Waals surface area contributed by atoms with E-state index >= 15 is 0 Å².